The highest BCUT2D eigenvalue weighted by atomic mass is 32.2. The second-order valence-electron chi connectivity index (χ2n) is 5.88. The number of ether oxygens (including phenoxy) is 1. The fourth-order valence-corrected chi connectivity index (χ4v) is 3.41. The van der Waals surface area contributed by atoms with E-state index in [4.69, 9.17) is 4.74 Å². The minimum absolute atomic E-state index is 0.103. The van der Waals surface area contributed by atoms with Crippen LogP contribution >= 0.6 is 11.8 Å². The van der Waals surface area contributed by atoms with E-state index in [1.807, 2.05) is 43.3 Å². The fourth-order valence-electron chi connectivity index (χ4n) is 2.63. The molecule has 0 spiro atoms. The van der Waals surface area contributed by atoms with Gasteiger partial charge in [-0.15, -0.1) is 5.10 Å². The second-order valence-corrected chi connectivity index (χ2v) is 6.82. The summed E-state index contributed by atoms with van der Waals surface area (Å²) in [7, 11) is 1.62. The van der Waals surface area contributed by atoms with Crippen molar-refractivity contribution in [1.29, 1.82) is 0 Å². The molecule has 0 radical (unpaired) electrons. The van der Waals surface area contributed by atoms with Crippen molar-refractivity contribution in [3.63, 3.8) is 0 Å². The number of tetrazole rings is 1. The summed E-state index contributed by atoms with van der Waals surface area (Å²) in [4.78, 5) is 16.9. The number of methoxy groups -OCH3 is 1. The van der Waals surface area contributed by atoms with Crippen LogP contribution in [0.3, 0.4) is 0 Å². The third kappa shape index (κ3) is 3.54. The zero-order valence-corrected chi connectivity index (χ0v) is 15.6. The molecule has 0 saturated carbocycles. The average molecular weight is 380 g/mol. The predicted molar refractivity (Wildman–Crippen MR) is 101 cm³/mol. The Bertz CT molecular complexity index is 1150. The van der Waals surface area contributed by atoms with E-state index in [0.717, 1.165) is 17.0 Å². The van der Waals surface area contributed by atoms with Crippen molar-refractivity contribution in [2.45, 2.75) is 17.8 Å². The first kappa shape index (κ1) is 17.2. The predicted octanol–water partition coefficient (Wildman–Crippen LogP) is 2.28. The number of benzene rings is 1. The van der Waals surface area contributed by atoms with Crippen LogP contribution in [0.15, 0.2) is 58.6 Å². The lowest BCUT2D eigenvalue weighted by atomic mass is 10.3. The third-order valence-electron chi connectivity index (χ3n) is 3.97. The number of thioether (sulfide) groups is 1. The van der Waals surface area contributed by atoms with E-state index in [1.54, 1.807) is 28.5 Å². The van der Waals surface area contributed by atoms with Crippen LogP contribution < -0.4 is 10.3 Å². The minimum atomic E-state index is -0.103. The van der Waals surface area contributed by atoms with Crippen LogP contribution in [-0.4, -0.2) is 36.7 Å². The van der Waals surface area contributed by atoms with Crippen LogP contribution in [0.25, 0.3) is 11.3 Å². The molecule has 1 aromatic carbocycles. The van der Waals surface area contributed by atoms with E-state index >= 15 is 0 Å². The van der Waals surface area contributed by atoms with Crippen LogP contribution in [-0.2, 0) is 5.75 Å². The summed E-state index contributed by atoms with van der Waals surface area (Å²) < 4.78 is 8.36. The van der Waals surface area contributed by atoms with Crippen LogP contribution in [0.5, 0.6) is 5.75 Å². The number of hydrogen-bond donors (Lipinski definition) is 0. The molecule has 0 bridgehead atoms. The van der Waals surface area contributed by atoms with Crippen LogP contribution in [0, 0.1) is 6.92 Å². The molecule has 0 aliphatic carbocycles. The van der Waals surface area contributed by atoms with Gasteiger partial charge in [0.05, 0.1) is 18.5 Å². The van der Waals surface area contributed by atoms with E-state index in [0.29, 0.717) is 22.3 Å². The molecular formula is C18H16N6O2S. The summed E-state index contributed by atoms with van der Waals surface area (Å²) in [6, 6.07) is 12.8. The lowest BCUT2D eigenvalue weighted by molar-refractivity contribution is 0.414. The maximum Gasteiger partial charge on any atom is 0.258 e. The van der Waals surface area contributed by atoms with Gasteiger partial charge in [0.2, 0.25) is 5.16 Å². The van der Waals surface area contributed by atoms with Gasteiger partial charge in [0.25, 0.3) is 5.56 Å². The van der Waals surface area contributed by atoms with Gasteiger partial charge in [-0.05, 0) is 53.2 Å². The fraction of sp³-hybridized carbons (Fsp3) is 0.167. The van der Waals surface area contributed by atoms with Crippen molar-refractivity contribution in [2.75, 3.05) is 7.11 Å². The molecule has 0 aliphatic rings. The summed E-state index contributed by atoms with van der Waals surface area (Å²) in [6.07, 6.45) is 1.78. The van der Waals surface area contributed by atoms with Gasteiger partial charge in [0, 0.05) is 18.0 Å². The Morgan fingerprint density at radius 3 is 2.74 bits per heavy atom. The minimum Gasteiger partial charge on any atom is -0.497 e. The molecule has 0 amide bonds. The molecule has 3 heterocycles. The van der Waals surface area contributed by atoms with E-state index in [-0.39, 0.29) is 5.56 Å². The Balaban J connectivity index is 1.58. The van der Waals surface area contributed by atoms with E-state index in [1.165, 1.54) is 11.8 Å². The van der Waals surface area contributed by atoms with Crippen molar-refractivity contribution in [3.05, 3.63) is 70.3 Å². The maximum atomic E-state index is 12.3. The summed E-state index contributed by atoms with van der Waals surface area (Å²) >= 11 is 1.42. The molecule has 0 N–H and O–H groups in total. The topological polar surface area (TPSA) is 87.2 Å². The Kier molecular flexibility index (Phi) is 4.59. The van der Waals surface area contributed by atoms with Gasteiger partial charge in [0.15, 0.2) is 0 Å². The third-order valence-corrected chi connectivity index (χ3v) is 4.92. The molecule has 136 valence electrons. The average Bonchev–Trinajstić information content (AvgIpc) is 3.15. The molecule has 0 unspecified atom stereocenters. The van der Waals surface area contributed by atoms with Crippen molar-refractivity contribution >= 4 is 17.4 Å². The van der Waals surface area contributed by atoms with Gasteiger partial charge < -0.3 is 4.74 Å². The van der Waals surface area contributed by atoms with Crippen molar-refractivity contribution in [1.82, 2.24) is 29.6 Å². The number of rotatable bonds is 5. The van der Waals surface area contributed by atoms with Crippen molar-refractivity contribution in [2.24, 2.45) is 0 Å². The number of aryl methyl sites for hydroxylation is 1. The molecule has 4 aromatic rings. The van der Waals surface area contributed by atoms with Gasteiger partial charge in [-0.25, -0.2) is 4.98 Å². The molecular weight excluding hydrogens is 364 g/mol. The first-order valence-electron chi connectivity index (χ1n) is 8.18. The number of pyridine rings is 1. The maximum absolute atomic E-state index is 12.3. The first-order chi connectivity index (χ1) is 13.1. The summed E-state index contributed by atoms with van der Waals surface area (Å²) in [5.41, 5.74) is 3.03. The molecule has 8 nitrogen and oxygen atoms in total. The monoisotopic (exact) mass is 380 g/mol. The van der Waals surface area contributed by atoms with Crippen molar-refractivity contribution < 1.29 is 4.74 Å². The highest BCUT2D eigenvalue weighted by Gasteiger charge is 2.11. The highest BCUT2D eigenvalue weighted by Crippen LogP contribution is 2.22. The number of fused-ring (bicyclic) bond motifs is 1. The summed E-state index contributed by atoms with van der Waals surface area (Å²) in [5.74, 6) is 1.24. The molecule has 0 atom stereocenters. The number of aromatic nitrogens is 6. The zero-order valence-electron chi connectivity index (χ0n) is 14.7. The van der Waals surface area contributed by atoms with Gasteiger partial charge in [-0.1, -0.05) is 17.8 Å². The second kappa shape index (κ2) is 7.20. The van der Waals surface area contributed by atoms with E-state index in [9.17, 15) is 4.79 Å². The van der Waals surface area contributed by atoms with Gasteiger partial charge in [-0.3, -0.25) is 9.20 Å². The normalized spacial score (nSPS) is 11.0. The Hall–Kier alpha value is -3.20. The Morgan fingerprint density at radius 2 is 1.96 bits per heavy atom. The number of nitrogens with zero attached hydrogens (tertiary/aromatic N) is 6. The van der Waals surface area contributed by atoms with E-state index < -0.39 is 0 Å². The Morgan fingerprint density at radius 1 is 1.15 bits per heavy atom. The smallest absolute Gasteiger partial charge is 0.258 e. The Labute approximate surface area is 158 Å². The van der Waals surface area contributed by atoms with Crippen LogP contribution in [0.2, 0.25) is 0 Å². The molecule has 0 aliphatic heterocycles. The molecule has 9 heteroatoms. The van der Waals surface area contributed by atoms with Gasteiger partial charge in [0.1, 0.15) is 11.4 Å². The molecule has 0 fully saturated rings. The molecule has 3 aromatic heterocycles. The standard InChI is InChI=1S/C18H16N6O2S/c1-12-3-8-16-19-13(9-17(25)23(16)10-12)11-27-18-20-21-22-24(18)14-4-6-15(26-2)7-5-14/h3-10H,11H2,1-2H3. The first-order valence-corrected chi connectivity index (χ1v) is 9.17. The summed E-state index contributed by atoms with van der Waals surface area (Å²) in [5, 5.41) is 12.5. The quantitative estimate of drug-likeness (QED) is 0.491. The SMILES string of the molecule is COc1ccc(-n2nnnc2SCc2cc(=O)n3cc(C)ccc3n2)cc1. The molecule has 27 heavy (non-hydrogen) atoms. The van der Waals surface area contributed by atoms with Crippen LogP contribution in [0.4, 0.5) is 0 Å². The lowest BCUT2D eigenvalue weighted by Crippen LogP contribution is -2.15. The summed E-state index contributed by atoms with van der Waals surface area (Å²) in [6.45, 7) is 1.94. The lowest BCUT2D eigenvalue weighted by Gasteiger charge is -2.06. The van der Waals surface area contributed by atoms with Gasteiger partial charge in [-0.2, -0.15) is 4.68 Å². The number of hydrogen-bond acceptors (Lipinski definition) is 7. The van der Waals surface area contributed by atoms with Crippen LogP contribution in [0.1, 0.15) is 11.3 Å². The largest absolute Gasteiger partial charge is 0.497 e. The highest BCUT2D eigenvalue weighted by molar-refractivity contribution is 7.98. The van der Waals surface area contributed by atoms with Gasteiger partial charge >= 0.3 is 0 Å². The molecule has 0 saturated heterocycles. The van der Waals surface area contributed by atoms with Crippen molar-refractivity contribution in [3.8, 4) is 11.4 Å². The zero-order chi connectivity index (χ0) is 18.8. The molecule has 4 rings (SSSR count). The van der Waals surface area contributed by atoms with E-state index in [2.05, 4.69) is 20.5 Å².